The summed E-state index contributed by atoms with van der Waals surface area (Å²) < 4.78 is 14.9. The van der Waals surface area contributed by atoms with Gasteiger partial charge in [0.05, 0.1) is 16.3 Å². The first-order valence-corrected chi connectivity index (χ1v) is 9.58. The predicted octanol–water partition coefficient (Wildman–Crippen LogP) is 5.89. The maximum absolute atomic E-state index is 6.31. The quantitative estimate of drug-likeness (QED) is 0.169. The lowest BCUT2D eigenvalue weighted by molar-refractivity contribution is -0.537. The highest BCUT2D eigenvalue weighted by atomic mass is 16.3. The molecule has 0 aliphatic carbocycles. The predicted molar refractivity (Wildman–Crippen MR) is 115 cm³/mol. The molecule has 3 heterocycles. The Morgan fingerprint density at radius 2 is 1.07 bits per heavy atom. The van der Waals surface area contributed by atoms with Crippen molar-refractivity contribution in [2.45, 2.75) is 0 Å². The van der Waals surface area contributed by atoms with E-state index in [9.17, 15) is 0 Å². The average molecular weight is 375 g/mol. The van der Waals surface area contributed by atoms with Gasteiger partial charge in [-0.25, -0.2) is 0 Å². The minimum Gasteiger partial charge on any atom is -0.456 e. The maximum Gasteiger partial charge on any atom is 0.223 e. The van der Waals surface area contributed by atoms with Gasteiger partial charge in [0, 0.05) is 35.5 Å². The first kappa shape index (κ1) is 14.9. The third kappa shape index (κ3) is 1.81. The van der Waals surface area contributed by atoms with Crippen LogP contribution in [0.3, 0.4) is 0 Å². The van der Waals surface area contributed by atoms with E-state index >= 15 is 0 Å². The van der Waals surface area contributed by atoms with E-state index in [0.29, 0.717) is 0 Å². The van der Waals surface area contributed by atoms with Gasteiger partial charge in [0.25, 0.3) is 0 Å². The lowest BCUT2D eigenvalue weighted by Gasteiger charge is -2.18. The van der Waals surface area contributed by atoms with Crippen LogP contribution >= 0.6 is 0 Å². The van der Waals surface area contributed by atoms with Crippen molar-refractivity contribution in [3.8, 4) is 16.8 Å². The number of nitrogen functional groups attached to an aromatic ring is 1. The standard InChI is InChI=1S/C25H15N2O2/c26-14-10-12-15(13-11-14)27-16-4-1-6-18-22(16)25-23-17(27)5-2-7-19(23)29-21-9-3-8-20(28-18)24(21)25/h1-13H,26H2/q+1. The molecular formula is C25H15N2O2+. The fourth-order valence-corrected chi connectivity index (χ4v) is 4.66. The second-order valence-corrected chi connectivity index (χ2v) is 7.44. The number of pyridine rings is 1. The van der Waals surface area contributed by atoms with Crippen molar-refractivity contribution < 1.29 is 13.4 Å². The Kier molecular flexibility index (Phi) is 2.60. The molecule has 0 fully saturated rings. The van der Waals surface area contributed by atoms with E-state index in [4.69, 9.17) is 14.6 Å². The van der Waals surface area contributed by atoms with Crippen LogP contribution in [0.5, 0.6) is 0 Å². The third-order valence-electron chi connectivity index (χ3n) is 5.82. The van der Waals surface area contributed by atoms with Crippen molar-refractivity contribution in [3.05, 3.63) is 78.9 Å². The molecule has 0 saturated heterocycles. The molecule has 2 aliphatic heterocycles. The topological polar surface area (TPSA) is 56.2 Å². The highest BCUT2D eigenvalue weighted by Gasteiger charge is 2.31. The van der Waals surface area contributed by atoms with Crippen LogP contribution in [-0.2, 0) is 0 Å². The Hall–Kier alpha value is -4.05. The number of rotatable bonds is 1. The van der Waals surface area contributed by atoms with Crippen molar-refractivity contribution in [3.63, 3.8) is 0 Å². The minimum absolute atomic E-state index is 0.744. The summed E-state index contributed by atoms with van der Waals surface area (Å²) in [4.78, 5) is 0. The summed E-state index contributed by atoms with van der Waals surface area (Å²) in [6.45, 7) is 0. The molecule has 0 bridgehead atoms. The number of nitrogens with two attached hydrogens (primary N) is 1. The monoisotopic (exact) mass is 375 g/mol. The largest absolute Gasteiger partial charge is 0.456 e. The number of nitrogens with zero attached hydrogens (tertiary/aromatic N) is 1. The van der Waals surface area contributed by atoms with Crippen molar-refractivity contribution in [2.24, 2.45) is 0 Å². The molecule has 0 atom stereocenters. The Labute approximate surface area is 165 Å². The minimum atomic E-state index is 0.744. The second-order valence-electron chi connectivity index (χ2n) is 7.44. The van der Waals surface area contributed by atoms with E-state index in [1.165, 1.54) is 5.56 Å². The molecule has 4 aromatic carbocycles. The first-order valence-electron chi connectivity index (χ1n) is 9.58. The summed E-state index contributed by atoms with van der Waals surface area (Å²) in [5, 5.41) is 2.21. The number of aromatic nitrogens is 1. The molecule has 4 nitrogen and oxygen atoms in total. The summed E-state index contributed by atoms with van der Waals surface area (Å²) in [6.07, 6.45) is 0. The molecule has 0 saturated carbocycles. The normalized spacial score (nSPS) is 12.3. The molecule has 0 amide bonds. The van der Waals surface area contributed by atoms with E-state index in [2.05, 4.69) is 16.7 Å². The molecule has 29 heavy (non-hydrogen) atoms. The zero-order valence-corrected chi connectivity index (χ0v) is 15.3. The number of hydrogen-bond donors (Lipinski definition) is 1. The van der Waals surface area contributed by atoms with Crippen molar-refractivity contribution in [2.75, 3.05) is 5.73 Å². The van der Waals surface area contributed by atoms with Gasteiger partial charge in [-0.3, -0.25) is 0 Å². The molecule has 1 aromatic heterocycles. The Morgan fingerprint density at radius 3 is 1.66 bits per heavy atom. The van der Waals surface area contributed by atoms with Crippen LogP contribution in [0.2, 0.25) is 0 Å². The lowest BCUT2D eigenvalue weighted by atomic mass is 9.92. The van der Waals surface area contributed by atoms with Crippen LogP contribution in [0.1, 0.15) is 0 Å². The van der Waals surface area contributed by atoms with Gasteiger partial charge in [-0.05, 0) is 36.4 Å². The zero-order valence-electron chi connectivity index (χ0n) is 15.3. The maximum atomic E-state index is 6.31. The van der Waals surface area contributed by atoms with E-state index in [-0.39, 0.29) is 0 Å². The SMILES string of the molecule is Nc1ccc(-[n+]2c3cccc4oc5cccc6oc7cccc2c7c(c43)-c56)cc1. The van der Waals surface area contributed by atoms with Gasteiger partial charge in [0.1, 0.15) is 22.3 Å². The van der Waals surface area contributed by atoms with E-state index < -0.39 is 0 Å². The average Bonchev–Trinajstić information content (AvgIpc) is 2.75. The second kappa shape index (κ2) is 5.06. The molecule has 5 aromatic rings. The lowest BCUT2D eigenvalue weighted by Crippen LogP contribution is -2.33. The van der Waals surface area contributed by atoms with Crippen molar-refractivity contribution >= 4 is 49.8 Å². The molecule has 4 heteroatoms. The molecule has 0 unspecified atom stereocenters. The Morgan fingerprint density at radius 1 is 0.552 bits per heavy atom. The van der Waals surface area contributed by atoms with Crippen LogP contribution in [0, 0.1) is 0 Å². The molecule has 2 aliphatic rings. The number of hydrogen-bond acceptors (Lipinski definition) is 3. The van der Waals surface area contributed by atoms with E-state index in [1.807, 2.05) is 66.7 Å². The van der Waals surface area contributed by atoms with Crippen LogP contribution in [-0.4, -0.2) is 0 Å². The van der Waals surface area contributed by atoms with Crippen molar-refractivity contribution in [1.29, 1.82) is 0 Å². The molecule has 0 spiro atoms. The number of anilines is 1. The summed E-state index contributed by atoms with van der Waals surface area (Å²) in [5.74, 6) is 0. The highest BCUT2D eigenvalue weighted by molar-refractivity contribution is 6.22. The van der Waals surface area contributed by atoms with Gasteiger partial charge < -0.3 is 14.6 Å². The fourth-order valence-electron chi connectivity index (χ4n) is 4.66. The molecule has 2 N–H and O–H groups in total. The van der Waals surface area contributed by atoms with Crippen LogP contribution < -0.4 is 10.3 Å². The van der Waals surface area contributed by atoms with Gasteiger partial charge in [0.2, 0.25) is 16.7 Å². The first-order chi connectivity index (χ1) is 14.3. The van der Waals surface area contributed by atoms with Gasteiger partial charge in [-0.15, -0.1) is 0 Å². The van der Waals surface area contributed by atoms with Crippen LogP contribution in [0.25, 0.3) is 61.0 Å². The van der Waals surface area contributed by atoms with E-state index in [0.717, 1.165) is 61.1 Å². The number of benzene rings is 4. The van der Waals surface area contributed by atoms with Crippen molar-refractivity contribution in [1.82, 2.24) is 0 Å². The van der Waals surface area contributed by atoms with Gasteiger partial charge in [-0.1, -0.05) is 18.2 Å². The van der Waals surface area contributed by atoms with E-state index in [1.54, 1.807) is 0 Å². The Balaban J connectivity index is 1.85. The van der Waals surface area contributed by atoms with Gasteiger partial charge in [-0.2, -0.15) is 4.57 Å². The Bertz CT molecular complexity index is 1560. The summed E-state index contributed by atoms with van der Waals surface area (Å²) in [7, 11) is 0. The summed E-state index contributed by atoms with van der Waals surface area (Å²) in [6, 6.07) is 26.4. The fraction of sp³-hybridized carbons (Fsp3) is 0. The van der Waals surface area contributed by atoms with Gasteiger partial charge in [0.15, 0.2) is 0 Å². The highest BCUT2D eigenvalue weighted by Crippen LogP contribution is 2.47. The van der Waals surface area contributed by atoms with Crippen LogP contribution in [0.15, 0.2) is 87.7 Å². The van der Waals surface area contributed by atoms with Crippen LogP contribution in [0.4, 0.5) is 5.69 Å². The molecule has 0 radical (unpaired) electrons. The third-order valence-corrected chi connectivity index (χ3v) is 5.82. The zero-order chi connectivity index (χ0) is 19.1. The smallest absolute Gasteiger partial charge is 0.223 e. The van der Waals surface area contributed by atoms with Gasteiger partial charge >= 0.3 is 0 Å². The summed E-state index contributed by atoms with van der Waals surface area (Å²) >= 11 is 0. The molecule has 136 valence electrons. The molecule has 7 rings (SSSR count). The summed E-state index contributed by atoms with van der Waals surface area (Å²) in [5.41, 5.74) is 15.5. The molecular weight excluding hydrogens is 360 g/mol.